The van der Waals surface area contributed by atoms with E-state index in [0.29, 0.717) is 12.1 Å². The van der Waals surface area contributed by atoms with Gasteiger partial charge in [0.15, 0.2) is 0 Å². The van der Waals surface area contributed by atoms with Crippen LogP contribution in [0.1, 0.15) is 22.8 Å². The Morgan fingerprint density at radius 2 is 2.06 bits per heavy atom. The zero-order valence-corrected chi connectivity index (χ0v) is 10.7. The van der Waals surface area contributed by atoms with Gasteiger partial charge in [0, 0.05) is 12.1 Å². The topological polar surface area (TPSA) is 46.6 Å². The Kier molecular flexibility index (Phi) is 4.83. The summed E-state index contributed by atoms with van der Waals surface area (Å²) in [6.45, 7) is 3.58. The first-order valence-electron chi connectivity index (χ1n) is 5.61. The van der Waals surface area contributed by atoms with Gasteiger partial charge in [0.25, 0.3) is 5.91 Å². The fourth-order valence-corrected chi connectivity index (χ4v) is 1.46. The third-order valence-electron chi connectivity index (χ3n) is 2.64. The Bertz CT molecular complexity index is 460. The van der Waals surface area contributed by atoms with Crippen LogP contribution in [0.2, 0.25) is 0 Å². The normalized spacial score (nSPS) is 10.0. The van der Waals surface area contributed by atoms with Crippen molar-refractivity contribution in [3.63, 3.8) is 0 Å². The Labute approximate surface area is 105 Å². The van der Waals surface area contributed by atoms with Gasteiger partial charge in [0.2, 0.25) is 0 Å². The fraction of sp³-hybridized carbons (Fsp3) is 0.385. The van der Waals surface area contributed by atoms with E-state index in [1.54, 1.807) is 19.9 Å². The average molecular weight is 253 g/mol. The molecule has 0 saturated carbocycles. The summed E-state index contributed by atoms with van der Waals surface area (Å²) >= 11 is 0. The molecule has 1 amide bonds. The Morgan fingerprint density at radius 1 is 1.39 bits per heavy atom. The molecule has 18 heavy (non-hydrogen) atoms. The number of hydrogen-bond acceptors (Lipinski definition) is 3. The second-order valence-corrected chi connectivity index (χ2v) is 3.86. The second-order valence-electron chi connectivity index (χ2n) is 3.86. The van der Waals surface area contributed by atoms with Gasteiger partial charge in [0.05, 0.1) is 7.11 Å². The van der Waals surface area contributed by atoms with E-state index in [-0.39, 0.29) is 18.0 Å². The number of halogens is 1. The third kappa shape index (κ3) is 3.29. The number of aryl methyl sites for hydroxylation is 1. The largest absolute Gasteiger partial charge is 0.468 e. The zero-order valence-electron chi connectivity index (χ0n) is 10.7. The van der Waals surface area contributed by atoms with Gasteiger partial charge in [-0.2, -0.15) is 0 Å². The van der Waals surface area contributed by atoms with Gasteiger partial charge in [-0.25, -0.2) is 4.39 Å². The molecule has 0 radical (unpaired) electrons. The average Bonchev–Trinajstić information content (AvgIpc) is 2.38. The molecular formula is C13H16FNO3. The van der Waals surface area contributed by atoms with E-state index < -0.39 is 11.8 Å². The quantitative estimate of drug-likeness (QED) is 0.768. The van der Waals surface area contributed by atoms with Crippen LogP contribution >= 0.6 is 0 Å². The third-order valence-corrected chi connectivity index (χ3v) is 2.64. The number of methoxy groups -OCH3 is 1. The smallest absolute Gasteiger partial charge is 0.325 e. The van der Waals surface area contributed by atoms with Gasteiger partial charge in [-0.05, 0) is 31.5 Å². The molecule has 0 aliphatic rings. The van der Waals surface area contributed by atoms with Gasteiger partial charge < -0.3 is 9.64 Å². The lowest BCUT2D eigenvalue weighted by atomic mass is 10.1. The molecule has 0 aromatic heterocycles. The van der Waals surface area contributed by atoms with Crippen molar-refractivity contribution >= 4 is 11.9 Å². The maximum Gasteiger partial charge on any atom is 0.325 e. The molecule has 0 heterocycles. The van der Waals surface area contributed by atoms with Gasteiger partial charge in [0.1, 0.15) is 12.4 Å². The molecule has 0 atom stereocenters. The van der Waals surface area contributed by atoms with E-state index in [1.807, 2.05) is 0 Å². The number of likely N-dealkylation sites (N-methyl/N-ethyl adjacent to an activating group) is 1. The second kappa shape index (κ2) is 6.14. The molecule has 0 unspecified atom stereocenters. The Balaban J connectivity index is 2.89. The minimum Gasteiger partial charge on any atom is -0.468 e. The van der Waals surface area contributed by atoms with Crippen molar-refractivity contribution in [2.45, 2.75) is 13.8 Å². The summed E-state index contributed by atoms with van der Waals surface area (Å²) in [4.78, 5) is 24.5. The summed E-state index contributed by atoms with van der Waals surface area (Å²) < 4.78 is 17.9. The number of esters is 1. The molecule has 0 aliphatic heterocycles. The van der Waals surface area contributed by atoms with Crippen molar-refractivity contribution in [2.75, 3.05) is 20.2 Å². The summed E-state index contributed by atoms with van der Waals surface area (Å²) in [7, 11) is 1.26. The number of hydrogen-bond donors (Lipinski definition) is 0. The molecule has 98 valence electrons. The summed E-state index contributed by atoms with van der Waals surface area (Å²) in [6, 6.07) is 4.26. The summed E-state index contributed by atoms with van der Waals surface area (Å²) in [5, 5.41) is 0. The summed E-state index contributed by atoms with van der Waals surface area (Å²) in [5.41, 5.74) is 0.700. The van der Waals surface area contributed by atoms with Crippen LogP contribution in [-0.2, 0) is 9.53 Å². The molecule has 1 aromatic rings. The maximum atomic E-state index is 13.4. The van der Waals surface area contributed by atoms with Crippen molar-refractivity contribution in [2.24, 2.45) is 0 Å². The van der Waals surface area contributed by atoms with E-state index in [0.717, 1.165) is 0 Å². The van der Waals surface area contributed by atoms with Crippen LogP contribution in [0.5, 0.6) is 0 Å². The van der Waals surface area contributed by atoms with Gasteiger partial charge in [-0.3, -0.25) is 9.59 Å². The van der Waals surface area contributed by atoms with Crippen molar-refractivity contribution in [1.29, 1.82) is 0 Å². The predicted molar refractivity (Wildman–Crippen MR) is 64.7 cm³/mol. The SMILES string of the molecule is CCN(CC(=O)OC)C(=O)c1ccc(C)c(F)c1. The van der Waals surface area contributed by atoms with Gasteiger partial charge in [-0.15, -0.1) is 0 Å². The van der Waals surface area contributed by atoms with Crippen molar-refractivity contribution in [1.82, 2.24) is 4.90 Å². The van der Waals surface area contributed by atoms with Crippen LogP contribution in [0.4, 0.5) is 4.39 Å². The number of ether oxygens (including phenoxy) is 1. The van der Waals surface area contributed by atoms with Gasteiger partial charge >= 0.3 is 5.97 Å². The van der Waals surface area contributed by atoms with E-state index in [2.05, 4.69) is 4.74 Å². The molecule has 0 aliphatic carbocycles. The van der Waals surface area contributed by atoms with E-state index in [9.17, 15) is 14.0 Å². The van der Waals surface area contributed by atoms with E-state index in [1.165, 1.54) is 24.1 Å². The number of rotatable bonds is 4. The lowest BCUT2D eigenvalue weighted by molar-refractivity contribution is -0.141. The number of carbonyl (C=O) groups excluding carboxylic acids is 2. The van der Waals surface area contributed by atoms with Crippen LogP contribution < -0.4 is 0 Å². The highest BCUT2D eigenvalue weighted by Gasteiger charge is 2.18. The lowest BCUT2D eigenvalue weighted by Gasteiger charge is -2.19. The minimum absolute atomic E-state index is 0.138. The predicted octanol–water partition coefficient (Wildman–Crippen LogP) is 1.77. The molecule has 4 nitrogen and oxygen atoms in total. The van der Waals surface area contributed by atoms with Crippen molar-refractivity contribution < 1.29 is 18.7 Å². The Hall–Kier alpha value is -1.91. The maximum absolute atomic E-state index is 13.4. The zero-order chi connectivity index (χ0) is 13.7. The van der Waals surface area contributed by atoms with Crippen LogP contribution in [-0.4, -0.2) is 37.0 Å². The van der Waals surface area contributed by atoms with Gasteiger partial charge in [-0.1, -0.05) is 6.07 Å². The van der Waals surface area contributed by atoms with Crippen LogP contribution in [0.3, 0.4) is 0 Å². The molecule has 0 bridgehead atoms. The highest BCUT2D eigenvalue weighted by Crippen LogP contribution is 2.11. The molecular weight excluding hydrogens is 237 g/mol. The van der Waals surface area contributed by atoms with Crippen LogP contribution in [0.25, 0.3) is 0 Å². The summed E-state index contributed by atoms with van der Waals surface area (Å²) in [6.07, 6.45) is 0. The number of nitrogens with zero attached hydrogens (tertiary/aromatic N) is 1. The number of carbonyl (C=O) groups is 2. The first-order chi connectivity index (χ1) is 8.49. The molecule has 0 N–H and O–H groups in total. The fourth-order valence-electron chi connectivity index (χ4n) is 1.46. The van der Waals surface area contributed by atoms with Crippen molar-refractivity contribution in [3.8, 4) is 0 Å². The van der Waals surface area contributed by atoms with Crippen molar-refractivity contribution in [3.05, 3.63) is 35.1 Å². The highest BCUT2D eigenvalue weighted by atomic mass is 19.1. The molecule has 0 saturated heterocycles. The van der Waals surface area contributed by atoms with E-state index in [4.69, 9.17) is 0 Å². The molecule has 1 aromatic carbocycles. The summed E-state index contributed by atoms with van der Waals surface area (Å²) in [5.74, 6) is -1.32. The molecule has 0 fully saturated rings. The minimum atomic E-state index is -0.502. The number of amides is 1. The molecule has 0 spiro atoms. The van der Waals surface area contributed by atoms with E-state index >= 15 is 0 Å². The lowest BCUT2D eigenvalue weighted by Crippen LogP contribution is -2.36. The Morgan fingerprint density at radius 3 is 2.56 bits per heavy atom. The highest BCUT2D eigenvalue weighted by molar-refractivity contribution is 5.96. The number of benzene rings is 1. The standard InChI is InChI=1S/C13H16FNO3/c1-4-15(8-12(16)18-3)13(17)10-6-5-9(2)11(14)7-10/h5-7H,4,8H2,1-3H3. The monoisotopic (exact) mass is 253 g/mol. The van der Waals surface area contributed by atoms with Crippen LogP contribution in [0, 0.1) is 12.7 Å². The first kappa shape index (κ1) is 14.2. The molecule has 1 rings (SSSR count). The molecule has 5 heteroatoms. The van der Waals surface area contributed by atoms with Crippen LogP contribution in [0.15, 0.2) is 18.2 Å². The first-order valence-corrected chi connectivity index (χ1v) is 5.61.